The molecule has 7 heteroatoms. The number of ether oxygens (including phenoxy) is 1. The highest BCUT2D eigenvalue weighted by Crippen LogP contribution is 2.35. The van der Waals surface area contributed by atoms with Gasteiger partial charge in [0.05, 0.1) is 11.4 Å². The van der Waals surface area contributed by atoms with Crippen molar-refractivity contribution < 1.29 is 14.3 Å². The number of carbonyl (C=O) groups is 2. The standard InChI is InChI=1S/C29H31ClN2O3S/c1-17(2)23-11-10-18(3)14-26(23)35-13-12-31-28(33)27(36-29(31)34)16-22-15-19(4)32(21(22)6)25-9-7-8-24(30)20(25)5/h7-11,14-17H,12-13H2,1-6H3/b27-16-. The molecule has 36 heavy (non-hydrogen) atoms. The summed E-state index contributed by atoms with van der Waals surface area (Å²) in [7, 11) is 0. The summed E-state index contributed by atoms with van der Waals surface area (Å²) in [5.74, 6) is 0.831. The number of aromatic nitrogens is 1. The lowest BCUT2D eigenvalue weighted by molar-refractivity contribution is -0.123. The van der Waals surface area contributed by atoms with Gasteiger partial charge in [0.15, 0.2) is 0 Å². The highest BCUT2D eigenvalue weighted by Gasteiger charge is 2.35. The summed E-state index contributed by atoms with van der Waals surface area (Å²) in [6.07, 6.45) is 1.81. The molecule has 4 rings (SSSR count). The van der Waals surface area contributed by atoms with Crippen LogP contribution in [0, 0.1) is 27.7 Å². The van der Waals surface area contributed by atoms with Gasteiger partial charge in [-0.15, -0.1) is 0 Å². The van der Waals surface area contributed by atoms with Gasteiger partial charge >= 0.3 is 0 Å². The molecule has 0 atom stereocenters. The summed E-state index contributed by atoms with van der Waals surface area (Å²) in [6, 6.07) is 14.0. The van der Waals surface area contributed by atoms with Crippen molar-refractivity contribution in [3.8, 4) is 11.4 Å². The molecule has 1 aliphatic heterocycles. The van der Waals surface area contributed by atoms with Crippen LogP contribution in [0.1, 0.15) is 53.4 Å². The number of hydrogen-bond acceptors (Lipinski definition) is 4. The molecule has 2 heterocycles. The molecule has 0 bridgehead atoms. The summed E-state index contributed by atoms with van der Waals surface area (Å²) in [5, 5.41) is 0.429. The average Bonchev–Trinajstić information content (AvgIpc) is 3.24. The van der Waals surface area contributed by atoms with E-state index >= 15 is 0 Å². The predicted octanol–water partition coefficient (Wildman–Crippen LogP) is 7.60. The fraction of sp³-hybridized carbons (Fsp3) is 0.310. The molecule has 0 spiro atoms. The van der Waals surface area contributed by atoms with Crippen LogP contribution in [0.5, 0.6) is 5.75 Å². The van der Waals surface area contributed by atoms with Gasteiger partial charge in [-0.05, 0) is 98.0 Å². The van der Waals surface area contributed by atoms with Gasteiger partial charge in [-0.25, -0.2) is 0 Å². The minimum atomic E-state index is -0.286. The van der Waals surface area contributed by atoms with Gasteiger partial charge in [0.2, 0.25) is 0 Å². The molecule has 3 aromatic rings. The van der Waals surface area contributed by atoms with Gasteiger partial charge in [0.1, 0.15) is 12.4 Å². The number of halogens is 1. The third-order valence-corrected chi connectivity index (χ3v) is 7.79. The second-order valence-electron chi connectivity index (χ2n) is 9.42. The maximum Gasteiger partial charge on any atom is 0.293 e. The third-order valence-electron chi connectivity index (χ3n) is 6.47. The highest BCUT2D eigenvalue weighted by molar-refractivity contribution is 8.18. The fourth-order valence-corrected chi connectivity index (χ4v) is 5.49. The zero-order chi connectivity index (χ0) is 26.1. The Balaban J connectivity index is 1.51. The molecule has 1 aliphatic rings. The Bertz CT molecular complexity index is 1370. The summed E-state index contributed by atoms with van der Waals surface area (Å²) in [5.41, 5.74) is 7.11. The Morgan fingerprint density at radius 2 is 1.81 bits per heavy atom. The summed E-state index contributed by atoms with van der Waals surface area (Å²) in [4.78, 5) is 27.5. The van der Waals surface area contributed by atoms with Gasteiger partial charge in [-0.1, -0.05) is 43.6 Å². The van der Waals surface area contributed by atoms with Gasteiger partial charge < -0.3 is 9.30 Å². The molecular formula is C29H31ClN2O3S. The van der Waals surface area contributed by atoms with Crippen molar-refractivity contribution in [3.63, 3.8) is 0 Å². The lowest BCUT2D eigenvalue weighted by Gasteiger charge is -2.17. The zero-order valence-corrected chi connectivity index (χ0v) is 23.1. The zero-order valence-electron chi connectivity index (χ0n) is 21.5. The SMILES string of the molecule is Cc1ccc(C(C)C)c(OCCN2C(=O)S/C(=C\c3cc(C)n(-c4cccc(Cl)c4C)c3C)C2=O)c1. The number of imide groups is 1. The number of carbonyl (C=O) groups excluding carboxylic acids is 2. The Morgan fingerprint density at radius 1 is 1.06 bits per heavy atom. The van der Waals surface area contributed by atoms with E-state index in [4.69, 9.17) is 16.3 Å². The number of hydrogen-bond donors (Lipinski definition) is 0. The monoisotopic (exact) mass is 522 g/mol. The molecule has 1 fully saturated rings. The van der Waals surface area contributed by atoms with Gasteiger partial charge in [-0.3, -0.25) is 14.5 Å². The first-order valence-corrected chi connectivity index (χ1v) is 13.2. The fourth-order valence-electron chi connectivity index (χ4n) is 4.47. The van der Waals surface area contributed by atoms with Gasteiger partial charge in [0, 0.05) is 22.1 Å². The van der Waals surface area contributed by atoms with E-state index in [1.165, 1.54) is 4.90 Å². The van der Waals surface area contributed by atoms with Crippen LogP contribution in [0.25, 0.3) is 11.8 Å². The minimum Gasteiger partial charge on any atom is -0.491 e. The van der Waals surface area contributed by atoms with Crippen molar-refractivity contribution in [1.29, 1.82) is 0 Å². The first kappa shape index (κ1) is 26.1. The van der Waals surface area contributed by atoms with E-state index in [0.29, 0.717) is 15.8 Å². The Kier molecular flexibility index (Phi) is 7.67. The average molecular weight is 523 g/mol. The van der Waals surface area contributed by atoms with Crippen LogP contribution in [0.3, 0.4) is 0 Å². The van der Waals surface area contributed by atoms with E-state index in [1.54, 1.807) is 0 Å². The van der Waals surface area contributed by atoms with Crippen LogP contribution >= 0.6 is 23.4 Å². The van der Waals surface area contributed by atoms with E-state index in [9.17, 15) is 9.59 Å². The summed E-state index contributed by atoms with van der Waals surface area (Å²) >= 11 is 7.32. The lowest BCUT2D eigenvalue weighted by Crippen LogP contribution is -2.32. The number of benzene rings is 2. The number of nitrogens with zero attached hydrogens (tertiary/aromatic N) is 2. The third kappa shape index (κ3) is 5.11. The van der Waals surface area contributed by atoms with Crippen molar-refractivity contribution in [2.45, 2.75) is 47.5 Å². The Morgan fingerprint density at radius 3 is 2.53 bits per heavy atom. The highest BCUT2D eigenvalue weighted by atomic mass is 35.5. The molecule has 2 amide bonds. The van der Waals surface area contributed by atoms with Crippen molar-refractivity contribution in [3.05, 3.63) is 86.0 Å². The van der Waals surface area contributed by atoms with Crippen LogP contribution in [-0.4, -0.2) is 33.8 Å². The summed E-state index contributed by atoms with van der Waals surface area (Å²) < 4.78 is 8.13. The largest absolute Gasteiger partial charge is 0.491 e. The van der Waals surface area contributed by atoms with Crippen LogP contribution in [0.4, 0.5) is 4.79 Å². The van der Waals surface area contributed by atoms with Crippen molar-refractivity contribution in [2.24, 2.45) is 0 Å². The molecule has 188 valence electrons. The molecule has 0 N–H and O–H groups in total. The minimum absolute atomic E-state index is 0.203. The Hall–Kier alpha value is -2.96. The maximum atomic E-state index is 13.1. The molecular weight excluding hydrogens is 492 g/mol. The van der Waals surface area contributed by atoms with E-state index < -0.39 is 0 Å². The lowest BCUT2D eigenvalue weighted by atomic mass is 10.0. The number of thioether (sulfide) groups is 1. The first-order chi connectivity index (χ1) is 17.1. The normalized spacial score (nSPS) is 15.0. The van der Waals surface area contributed by atoms with Crippen LogP contribution in [0.15, 0.2) is 47.4 Å². The van der Waals surface area contributed by atoms with E-state index in [1.807, 2.05) is 64.1 Å². The second kappa shape index (κ2) is 10.6. The van der Waals surface area contributed by atoms with Crippen molar-refractivity contribution >= 4 is 40.6 Å². The predicted molar refractivity (Wildman–Crippen MR) is 148 cm³/mol. The number of amides is 2. The van der Waals surface area contributed by atoms with Gasteiger partial charge in [-0.2, -0.15) is 0 Å². The molecule has 0 aliphatic carbocycles. The van der Waals surface area contributed by atoms with Gasteiger partial charge in [0.25, 0.3) is 11.1 Å². The first-order valence-electron chi connectivity index (χ1n) is 12.0. The Labute approximate surface area is 222 Å². The van der Waals surface area contributed by atoms with Crippen molar-refractivity contribution in [2.75, 3.05) is 13.2 Å². The second-order valence-corrected chi connectivity index (χ2v) is 10.8. The quantitative estimate of drug-likeness (QED) is 0.300. The molecule has 0 unspecified atom stereocenters. The molecule has 1 saturated heterocycles. The number of rotatable bonds is 7. The van der Waals surface area contributed by atoms with Crippen LogP contribution in [0.2, 0.25) is 5.02 Å². The topological polar surface area (TPSA) is 51.5 Å². The number of aryl methyl sites for hydroxylation is 2. The summed E-state index contributed by atoms with van der Waals surface area (Å²) in [6.45, 7) is 12.7. The molecule has 1 aromatic heterocycles. The van der Waals surface area contributed by atoms with E-state index in [-0.39, 0.29) is 24.3 Å². The van der Waals surface area contributed by atoms with E-state index in [2.05, 4.69) is 30.5 Å². The van der Waals surface area contributed by atoms with Crippen LogP contribution in [-0.2, 0) is 4.79 Å². The molecule has 0 saturated carbocycles. The molecule has 0 radical (unpaired) electrons. The smallest absolute Gasteiger partial charge is 0.293 e. The molecule has 5 nitrogen and oxygen atoms in total. The maximum absolute atomic E-state index is 13.1. The molecule has 2 aromatic carbocycles. The van der Waals surface area contributed by atoms with E-state index in [0.717, 1.165) is 56.8 Å². The van der Waals surface area contributed by atoms with Crippen molar-refractivity contribution in [1.82, 2.24) is 9.47 Å². The van der Waals surface area contributed by atoms with Crippen LogP contribution < -0.4 is 4.74 Å².